The van der Waals surface area contributed by atoms with Gasteiger partial charge in [0.2, 0.25) is 0 Å². The molecule has 8 nitrogen and oxygen atoms in total. The van der Waals surface area contributed by atoms with Gasteiger partial charge in [0.25, 0.3) is 0 Å². The molecule has 4 aromatic rings. The van der Waals surface area contributed by atoms with Gasteiger partial charge in [-0.2, -0.15) is 0 Å². The first-order valence-electron chi connectivity index (χ1n) is 14.4. The molecule has 0 spiro atoms. The third kappa shape index (κ3) is 9.66. The number of carbonyl (C=O) groups excluding carboxylic acids is 3. The topological polar surface area (TPSA) is 86.0 Å². The number of hydrogen-bond donors (Lipinski definition) is 0. The van der Waals surface area contributed by atoms with Gasteiger partial charge in [0.1, 0.15) is 11.5 Å². The molecule has 4 rings (SSSR count). The van der Waals surface area contributed by atoms with Crippen LogP contribution in [0, 0.1) is 0 Å². The van der Waals surface area contributed by atoms with Crippen LogP contribution in [-0.2, 0) is 22.5 Å². The third-order valence-electron chi connectivity index (χ3n) is 6.84. The quantitative estimate of drug-likeness (QED) is 0.0442. The molecule has 8 heteroatoms. The molecule has 44 heavy (non-hydrogen) atoms. The van der Waals surface area contributed by atoms with E-state index in [0.29, 0.717) is 48.8 Å². The second kappa shape index (κ2) is 15.8. The number of rotatable bonds is 15. The first kappa shape index (κ1) is 31.7. The Labute approximate surface area is 258 Å². The highest BCUT2D eigenvalue weighted by atomic mass is 16.5. The lowest BCUT2D eigenvalue weighted by molar-refractivity contribution is -0.688. The van der Waals surface area contributed by atoms with E-state index in [1.165, 1.54) is 0 Å². The van der Waals surface area contributed by atoms with Crippen molar-refractivity contribution in [3.63, 3.8) is 0 Å². The standard InChI is InChI=1S/C36H37N2O6/c1-4-35(40)43-24-6-5-23-42-32-17-13-29(14-18-32)34(39)25-27-9-15-33(16-10-27)44-36(41)30-11-7-28(8-12-30)26-38-21-19-31(20-22-38)37(2)3/h4,7-22H,1,5-6,23-26H2,2-3H3/q+1. The van der Waals surface area contributed by atoms with Crippen LogP contribution in [0.5, 0.6) is 11.5 Å². The number of esters is 2. The molecule has 1 aromatic heterocycles. The number of benzene rings is 3. The molecule has 0 saturated heterocycles. The summed E-state index contributed by atoms with van der Waals surface area (Å²) in [5.41, 5.74) is 4.05. The Bertz CT molecular complexity index is 1540. The van der Waals surface area contributed by atoms with Gasteiger partial charge in [-0.15, -0.1) is 0 Å². The fourth-order valence-corrected chi connectivity index (χ4v) is 4.30. The number of Topliss-reactive ketones (excluding diaryl/α,β-unsaturated/α-hetero) is 1. The van der Waals surface area contributed by atoms with Crippen molar-refractivity contribution in [2.24, 2.45) is 0 Å². The van der Waals surface area contributed by atoms with Gasteiger partial charge in [-0.1, -0.05) is 30.8 Å². The molecule has 0 aliphatic heterocycles. The van der Waals surface area contributed by atoms with E-state index < -0.39 is 11.9 Å². The fourth-order valence-electron chi connectivity index (χ4n) is 4.30. The molecule has 0 bridgehead atoms. The van der Waals surface area contributed by atoms with E-state index in [2.05, 4.69) is 28.2 Å². The fraction of sp³-hybridized carbons (Fsp3) is 0.222. The lowest BCUT2D eigenvalue weighted by atomic mass is 10.0. The van der Waals surface area contributed by atoms with Gasteiger partial charge in [-0.3, -0.25) is 4.79 Å². The first-order valence-corrected chi connectivity index (χ1v) is 14.4. The first-order chi connectivity index (χ1) is 21.3. The summed E-state index contributed by atoms with van der Waals surface area (Å²) in [6.07, 6.45) is 6.83. The van der Waals surface area contributed by atoms with Crippen molar-refractivity contribution in [2.45, 2.75) is 25.8 Å². The molecule has 0 unspecified atom stereocenters. The second-order valence-electron chi connectivity index (χ2n) is 10.4. The summed E-state index contributed by atoms with van der Waals surface area (Å²) in [4.78, 5) is 38.6. The normalized spacial score (nSPS) is 10.5. The van der Waals surface area contributed by atoms with Gasteiger partial charge in [0, 0.05) is 55.5 Å². The zero-order valence-electron chi connectivity index (χ0n) is 25.1. The Kier molecular flexibility index (Phi) is 11.4. The predicted molar refractivity (Wildman–Crippen MR) is 168 cm³/mol. The van der Waals surface area contributed by atoms with Crippen molar-refractivity contribution in [1.82, 2.24) is 0 Å². The van der Waals surface area contributed by atoms with Crippen LogP contribution in [-0.4, -0.2) is 45.0 Å². The Morgan fingerprint density at radius 3 is 1.98 bits per heavy atom. The number of ketones is 1. The summed E-state index contributed by atoms with van der Waals surface area (Å²) in [7, 11) is 4.01. The van der Waals surface area contributed by atoms with Crippen LogP contribution >= 0.6 is 0 Å². The van der Waals surface area contributed by atoms with Crippen LogP contribution in [0.3, 0.4) is 0 Å². The zero-order valence-corrected chi connectivity index (χ0v) is 25.1. The molecule has 1 heterocycles. The number of carbonyl (C=O) groups is 3. The SMILES string of the molecule is C=CC(=O)OCCCCOc1ccc(C(=O)Cc2ccc(OC(=O)c3ccc(C[n+]4ccc(N(C)C)cc4)cc3)cc2)cc1. The maximum Gasteiger partial charge on any atom is 0.343 e. The van der Waals surface area contributed by atoms with Crippen molar-refractivity contribution < 1.29 is 33.2 Å². The summed E-state index contributed by atoms with van der Waals surface area (Å²) in [5.74, 6) is 0.172. The number of hydrogen-bond acceptors (Lipinski definition) is 7. The lowest BCUT2D eigenvalue weighted by Crippen LogP contribution is -2.33. The van der Waals surface area contributed by atoms with E-state index in [1.807, 2.05) is 38.6 Å². The molecule has 0 radical (unpaired) electrons. The van der Waals surface area contributed by atoms with Crippen molar-refractivity contribution in [3.8, 4) is 11.5 Å². The molecule has 0 aliphatic rings. The van der Waals surface area contributed by atoms with Crippen LogP contribution in [0.2, 0.25) is 0 Å². The summed E-state index contributed by atoms with van der Waals surface area (Å²) >= 11 is 0. The molecular weight excluding hydrogens is 556 g/mol. The van der Waals surface area contributed by atoms with E-state index in [1.54, 1.807) is 60.7 Å². The smallest absolute Gasteiger partial charge is 0.343 e. The van der Waals surface area contributed by atoms with E-state index >= 15 is 0 Å². The van der Waals surface area contributed by atoms with Crippen molar-refractivity contribution in [1.29, 1.82) is 0 Å². The summed E-state index contributed by atoms with van der Waals surface area (Å²) in [6.45, 7) is 4.85. The van der Waals surface area contributed by atoms with Crippen molar-refractivity contribution >= 4 is 23.4 Å². The van der Waals surface area contributed by atoms with E-state index in [0.717, 1.165) is 29.3 Å². The van der Waals surface area contributed by atoms with E-state index in [9.17, 15) is 14.4 Å². The molecule has 226 valence electrons. The van der Waals surface area contributed by atoms with Crippen molar-refractivity contribution in [3.05, 3.63) is 132 Å². The van der Waals surface area contributed by atoms with Crippen LogP contribution < -0.4 is 18.9 Å². The van der Waals surface area contributed by atoms with Crippen LogP contribution in [0.15, 0.2) is 110 Å². The van der Waals surface area contributed by atoms with Gasteiger partial charge in [-0.05, 0) is 66.9 Å². The van der Waals surface area contributed by atoms with Gasteiger partial charge in [0.15, 0.2) is 24.7 Å². The number of aromatic nitrogens is 1. The Hall–Kier alpha value is -5.24. The highest BCUT2D eigenvalue weighted by Crippen LogP contribution is 2.18. The van der Waals surface area contributed by atoms with Crippen molar-refractivity contribution in [2.75, 3.05) is 32.2 Å². The maximum atomic E-state index is 12.8. The highest BCUT2D eigenvalue weighted by molar-refractivity contribution is 5.97. The average Bonchev–Trinajstić information content (AvgIpc) is 3.04. The van der Waals surface area contributed by atoms with Crippen LogP contribution in [0.25, 0.3) is 0 Å². The van der Waals surface area contributed by atoms with Crippen LogP contribution in [0.4, 0.5) is 5.69 Å². The monoisotopic (exact) mass is 593 g/mol. The Morgan fingerprint density at radius 1 is 0.750 bits per heavy atom. The molecule has 0 atom stereocenters. The highest BCUT2D eigenvalue weighted by Gasteiger charge is 2.12. The van der Waals surface area contributed by atoms with Crippen LogP contribution in [0.1, 0.15) is 44.7 Å². The molecular formula is C36H37N2O6+. The molecule has 0 saturated carbocycles. The molecule has 0 amide bonds. The minimum atomic E-state index is -0.443. The molecule has 0 fully saturated rings. The summed E-state index contributed by atoms with van der Waals surface area (Å²) in [5, 5.41) is 0. The second-order valence-corrected chi connectivity index (χ2v) is 10.4. The molecule has 0 aliphatic carbocycles. The van der Waals surface area contributed by atoms with Gasteiger partial charge < -0.3 is 19.1 Å². The molecule has 0 N–H and O–H groups in total. The summed E-state index contributed by atoms with van der Waals surface area (Å²) in [6, 6.07) is 25.4. The zero-order chi connectivity index (χ0) is 31.3. The largest absolute Gasteiger partial charge is 0.494 e. The lowest BCUT2D eigenvalue weighted by Gasteiger charge is -2.10. The number of anilines is 1. The van der Waals surface area contributed by atoms with E-state index in [4.69, 9.17) is 14.2 Å². The van der Waals surface area contributed by atoms with E-state index in [-0.39, 0.29) is 12.2 Å². The van der Waals surface area contributed by atoms with Gasteiger partial charge in [-0.25, -0.2) is 14.2 Å². The Morgan fingerprint density at radius 2 is 1.34 bits per heavy atom. The minimum absolute atomic E-state index is 0.0303. The van der Waals surface area contributed by atoms with Gasteiger partial charge >= 0.3 is 11.9 Å². The van der Waals surface area contributed by atoms with Gasteiger partial charge in [0.05, 0.1) is 18.8 Å². The number of pyridine rings is 1. The number of nitrogens with zero attached hydrogens (tertiary/aromatic N) is 2. The Balaban J connectivity index is 1.21. The predicted octanol–water partition coefficient (Wildman–Crippen LogP) is 5.62. The third-order valence-corrected chi connectivity index (χ3v) is 6.84. The minimum Gasteiger partial charge on any atom is -0.494 e. The maximum absolute atomic E-state index is 12.8. The number of unbranched alkanes of at least 4 members (excludes halogenated alkanes) is 1. The molecule has 3 aromatic carbocycles. The summed E-state index contributed by atoms with van der Waals surface area (Å²) < 4.78 is 18.2. The average molecular weight is 594 g/mol. The number of ether oxygens (including phenoxy) is 3.